The zero-order chi connectivity index (χ0) is 19.2. The summed E-state index contributed by atoms with van der Waals surface area (Å²) in [7, 11) is -3.74. The highest BCUT2D eigenvalue weighted by molar-refractivity contribution is 7.90. The van der Waals surface area contributed by atoms with Gasteiger partial charge < -0.3 is 0 Å². The van der Waals surface area contributed by atoms with E-state index in [-0.39, 0.29) is 4.90 Å². The molecule has 0 aliphatic rings. The molecule has 0 radical (unpaired) electrons. The molecule has 0 aliphatic carbocycles. The fourth-order valence-corrected chi connectivity index (χ4v) is 5.19. The fraction of sp³-hybridized carbons (Fsp3) is 0.0909. The molecule has 0 saturated carbocycles. The highest BCUT2D eigenvalue weighted by Crippen LogP contribution is 2.38. The molecule has 5 heteroatoms. The van der Waals surface area contributed by atoms with Crippen LogP contribution in [0.5, 0.6) is 0 Å². The van der Waals surface area contributed by atoms with E-state index in [1.54, 1.807) is 24.3 Å². The molecule has 0 N–H and O–H groups in total. The van der Waals surface area contributed by atoms with Crippen LogP contribution in [0, 0.1) is 13.8 Å². The molecule has 0 spiro atoms. The van der Waals surface area contributed by atoms with Crippen LogP contribution in [-0.2, 0) is 10.0 Å². The third kappa shape index (κ3) is 2.95. The van der Waals surface area contributed by atoms with Gasteiger partial charge in [0, 0.05) is 21.7 Å². The Labute approximate surface area is 163 Å². The molecule has 4 aromatic rings. The SMILES string of the molecule is Cc1ccc(S(=O)(=O)n2c(C)c(-c3ccccc3)c3cc(Cl)ccc32)cc1. The van der Waals surface area contributed by atoms with Crippen molar-refractivity contribution in [2.75, 3.05) is 0 Å². The number of aromatic nitrogens is 1. The number of nitrogens with zero attached hydrogens (tertiary/aromatic N) is 1. The van der Waals surface area contributed by atoms with Crippen LogP contribution in [0.4, 0.5) is 0 Å². The third-order valence-electron chi connectivity index (χ3n) is 4.73. The Morgan fingerprint density at radius 3 is 2.19 bits per heavy atom. The van der Waals surface area contributed by atoms with Crippen molar-refractivity contribution in [3.8, 4) is 11.1 Å². The van der Waals surface area contributed by atoms with Crippen molar-refractivity contribution in [3.63, 3.8) is 0 Å². The normalized spacial score (nSPS) is 11.8. The van der Waals surface area contributed by atoms with E-state index < -0.39 is 10.0 Å². The molecule has 0 bridgehead atoms. The second-order valence-corrected chi connectivity index (χ2v) is 8.79. The van der Waals surface area contributed by atoms with Crippen LogP contribution in [0.25, 0.3) is 22.0 Å². The minimum atomic E-state index is -3.74. The maximum absolute atomic E-state index is 13.4. The molecule has 0 saturated heterocycles. The van der Waals surface area contributed by atoms with E-state index in [1.165, 1.54) is 3.97 Å². The van der Waals surface area contributed by atoms with E-state index in [0.29, 0.717) is 16.2 Å². The molecule has 0 aliphatic heterocycles. The van der Waals surface area contributed by atoms with Crippen molar-refractivity contribution < 1.29 is 8.42 Å². The van der Waals surface area contributed by atoms with Gasteiger partial charge in [0.25, 0.3) is 10.0 Å². The van der Waals surface area contributed by atoms with Gasteiger partial charge in [-0.1, -0.05) is 59.6 Å². The lowest BCUT2D eigenvalue weighted by molar-refractivity contribution is 0.588. The predicted molar refractivity (Wildman–Crippen MR) is 111 cm³/mol. The Kier molecular flexibility index (Phi) is 4.33. The summed E-state index contributed by atoms with van der Waals surface area (Å²) in [6.45, 7) is 3.77. The Hall–Kier alpha value is -2.56. The van der Waals surface area contributed by atoms with Gasteiger partial charge in [-0.25, -0.2) is 12.4 Å². The zero-order valence-electron chi connectivity index (χ0n) is 15.0. The summed E-state index contributed by atoms with van der Waals surface area (Å²) in [6.07, 6.45) is 0. The summed E-state index contributed by atoms with van der Waals surface area (Å²) in [4.78, 5) is 0.266. The molecular weight excluding hydrogens is 378 g/mol. The summed E-state index contributed by atoms with van der Waals surface area (Å²) >= 11 is 6.23. The van der Waals surface area contributed by atoms with Crippen LogP contribution in [0.3, 0.4) is 0 Å². The van der Waals surface area contributed by atoms with Gasteiger partial charge in [0.05, 0.1) is 10.4 Å². The van der Waals surface area contributed by atoms with Gasteiger partial charge in [0.1, 0.15) is 0 Å². The maximum atomic E-state index is 13.4. The molecule has 0 fully saturated rings. The smallest absolute Gasteiger partial charge is 0.238 e. The summed E-state index contributed by atoms with van der Waals surface area (Å²) < 4.78 is 28.3. The first kappa shape index (κ1) is 17.8. The third-order valence-corrected chi connectivity index (χ3v) is 6.79. The van der Waals surface area contributed by atoms with Crippen LogP contribution in [-0.4, -0.2) is 12.4 Å². The first-order chi connectivity index (χ1) is 12.9. The van der Waals surface area contributed by atoms with Crippen molar-refractivity contribution in [2.24, 2.45) is 0 Å². The fourth-order valence-electron chi connectivity index (χ4n) is 3.46. The molecule has 4 rings (SSSR count). The largest absolute Gasteiger partial charge is 0.268 e. The predicted octanol–water partition coefficient (Wildman–Crippen LogP) is 5.82. The van der Waals surface area contributed by atoms with Gasteiger partial charge in [-0.15, -0.1) is 0 Å². The molecule has 27 heavy (non-hydrogen) atoms. The van der Waals surface area contributed by atoms with E-state index in [4.69, 9.17) is 11.6 Å². The summed E-state index contributed by atoms with van der Waals surface area (Å²) in [5.41, 5.74) is 4.14. The Morgan fingerprint density at radius 1 is 0.852 bits per heavy atom. The topological polar surface area (TPSA) is 39.1 Å². The summed E-state index contributed by atoms with van der Waals surface area (Å²) in [6, 6.07) is 22.0. The van der Waals surface area contributed by atoms with Gasteiger partial charge >= 0.3 is 0 Å². The van der Waals surface area contributed by atoms with Gasteiger partial charge in [-0.2, -0.15) is 0 Å². The summed E-state index contributed by atoms with van der Waals surface area (Å²) in [5.74, 6) is 0. The number of hydrogen-bond acceptors (Lipinski definition) is 2. The van der Waals surface area contributed by atoms with Crippen LogP contribution < -0.4 is 0 Å². The number of fused-ring (bicyclic) bond motifs is 1. The first-order valence-electron chi connectivity index (χ1n) is 8.58. The van der Waals surface area contributed by atoms with E-state index >= 15 is 0 Å². The Morgan fingerprint density at radius 2 is 1.52 bits per heavy atom. The van der Waals surface area contributed by atoms with Crippen molar-refractivity contribution in [3.05, 3.63) is 89.1 Å². The van der Waals surface area contributed by atoms with Crippen LogP contribution >= 0.6 is 11.6 Å². The highest BCUT2D eigenvalue weighted by atomic mass is 35.5. The average Bonchev–Trinajstić information content (AvgIpc) is 2.94. The van der Waals surface area contributed by atoms with Crippen molar-refractivity contribution in [1.29, 1.82) is 0 Å². The van der Waals surface area contributed by atoms with Crippen LogP contribution in [0.15, 0.2) is 77.7 Å². The number of benzene rings is 3. The Balaban J connectivity index is 2.08. The van der Waals surface area contributed by atoms with E-state index in [0.717, 1.165) is 22.1 Å². The molecule has 136 valence electrons. The number of hydrogen-bond donors (Lipinski definition) is 0. The molecule has 1 heterocycles. The second kappa shape index (κ2) is 6.55. The van der Waals surface area contributed by atoms with E-state index in [9.17, 15) is 8.42 Å². The monoisotopic (exact) mass is 395 g/mol. The van der Waals surface area contributed by atoms with Crippen LogP contribution in [0.2, 0.25) is 5.02 Å². The molecular formula is C22H18ClNO2S. The van der Waals surface area contributed by atoms with Gasteiger partial charge in [-0.05, 0) is 49.7 Å². The zero-order valence-corrected chi connectivity index (χ0v) is 16.6. The maximum Gasteiger partial charge on any atom is 0.268 e. The van der Waals surface area contributed by atoms with Gasteiger partial charge in [-0.3, -0.25) is 0 Å². The Bertz CT molecular complexity index is 1240. The number of aryl methyl sites for hydroxylation is 1. The van der Waals surface area contributed by atoms with Gasteiger partial charge in [0.2, 0.25) is 0 Å². The van der Waals surface area contributed by atoms with E-state index in [2.05, 4.69) is 0 Å². The number of halogens is 1. The lowest BCUT2D eigenvalue weighted by atomic mass is 10.0. The van der Waals surface area contributed by atoms with Gasteiger partial charge in [0.15, 0.2) is 0 Å². The molecule has 0 amide bonds. The lowest BCUT2D eigenvalue weighted by Gasteiger charge is -2.11. The van der Waals surface area contributed by atoms with E-state index in [1.807, 2.05) is 62.4 Å². The second-order valence-electron chi connectivity index (χ2n) is 6.57. The molecule has 0 unspecified atom stereocenters. The molecule has 0 atom stereocenters. The summed E-state index contributed by atoms with van der Waals surface area (Å²) in [5, 5.41) is 1.39. The first-order valence-corrected chi connectivity index (χ1v) is 10.4. The average molecular weight is 396 g/mol. The molecule has 3 aromatic carbocycles. The number of rotatable bonds is 3. The van der Waals surface area contributed by atoms with Crippen LogP contribution in [0.1, 0.15) is 11.3 Å². The molecule has 1 aromatic heterocycles. The minimum Gasteiger partial charge on any atom is -0.238 e. The lowest BCUT2D eigenvalue weighted by Crippen LogP contribution is -2.14. The highest BCUT2D eigenvalue weighted by Gasteiger charge is 2.25. The quantitative estimate of drug-likeness (QED) is 0.438. The minimum absolute atomic E-state index is 0.266. The van der Waals surface area contributed by atoms with Crippen molar-refractivity contribution in [2.45, 2.75) is 18.7 Å². The standard InChI is InChI=1S/C22H18ClNO2S/c1-15-8-11-19(12-9-15)27(25,26)24-16(2)22(17-6-4-3-5-7-17)20-14-18(23)10-13-21(20)24/h3-14H,1-2H3. The molecule has 3 nitrogen and oxygen atoms in total. The van der Waals surface area contributed by atoms with Crippen molar-refractivity contribution in [1.82, 2.24) is 3.97 Å². The van der Waals surface area contributed by atoms with Crippen molar-refractivity contribution >= 4 is 32.5 Å².